The lowest BCUT2D eigenvalue weighted by Gasteiger charge is -2.10. The molecular formula is C12H20O3. The molecule has 0 saturated carbocycles. The molecule has 0 aromatic heterocycles. The Morgan fingerprint density at radius 1 is 1.27 bits per heavy atom. The van der Waals surface area contributed by atoms with Gasteiger partial charge in [0.2, 0.25) is 0 Å². The molecule has 3 nitrogen and oxygen atoms in total. The third-order valence-electron chi connectivity index (χ3n) is 2.11. The lowest BCUT2D eigenvalue weighted by molar-refractivity contribution is -0.145. The number of rotatable bonds is 7. The van der Waals surface area contributed by atoms with Crippen LogP contribution in [-0.4, -0.2) is 17.9 Å². The molecule has 0 aliphatic heterocycles. The van der Waals surface area contributed by atoms with E-state index in [9.17, 15) is 9.59 Å². The summed E-state index contributed by atoms with van der Waals surface area (Å²) >= 11 is 0. The van der Waals surface area contributed by atoms with Crippen LogP contribution in [0.4, 0.5) is 0 Å². The van der Waals surface area contributed by atoms with Gasteiger partial charge in [0.15, 0.2) is 5.78 Å². The van der Waals surface area contributed by atoms with Crippen LogP contribution < -0.4 is 0 Å². The van der Waals surface area contributed by atoms with Crippen LogP contribution in [0.3, 0.4) is 0 Å². The fourth-order valence-electron chi connectivity index (χ4n) is 1.27. The molecule has 3 heteroatoms. The molecule has 0 heterocycles. The molecule has 0 N–H and O–H groups in total. The number of carbonyl (C=O) groups is 2. The monoisotopic (exact) mass is 212 g/mol. The average Bonchev–Trinajstić information content (AvgIpc) is 2.10. The topological polar surface area (TPSA) is 43.4 Å². The van der Waals surface area contributed by atoms with Crippen molar-refractivity contribution in [2.24, 2.45) is 0 Å². The second-order valence-electron chi connectivity index (χ2n) is 3.87. The molecule has 0 aromatic carbocycles. The molecule has 0 radical (unpaired) electrons. The predicted octanol–water partition coefficient (Wildman–Crippen LogP) is 2.64. The number of unbranched alkanes of at least 4 members (excludes halogenated alkanes) is 1. The largest absolute Gasteiger partial charge is 0.463 e. The van der Waals surface area contributed by atoms with Gasteiger partial charge in [-0.1, -0.05) is 6.58 Å². The second-order valence-corrected chi connectivity index (χ2v) is 3.87. The van der Waals surface area contributed by atoms with E-state index in [1.54, 1.807) is 6.92 Å². The molecule has 0 rings (SSSR count). The van der Waals surface area contributed by atoms with Gasteiger partial charge in [-0.25, -0.2) is 0 Å². The summed E-state index contributed by atoms with van der Waals surface area (Å²) in [5.74, 6) is -0.129. The molecule has 0 bridgehead atoms. The van der Waals surface area contributed by atoms with Crippen molar-refractivity contribution in [1.82, 2.24) is 0 Å². The van der Waals surface area contributed by atoms with Crippen molar-refractivity contribution in [2.45, 2.75) is 52.6 Å². The number of ketones is 1. The van der Waals surface area contributed by atoms with E-state index in [0.717, 1.165) is 19.3 Å². The fraction of sp³-hybridized carbons (Fsp3) is 0.667. The summed E-state index contributed by atoms with van der Waals surface area (Å²) < 4.78 is 4.96. The Labute approximate surface area is 91.5 Å². The SMILES string of the molecule is C=C(C)C(=O)CCCCC(C)OC(C)=O. The number of allylic oxidation sites excluding steroid dienone is 1. The highest BCUT2D eigenvalue weighted by Crippen LogP contribution is 2.08. The first-order valence-corrected chi connectivity index (χ1v) is 5.29. The molecule has 15 heavy (non-hydrogen) atoms. The Bertz CT molecular complexity index is 243. The summed E-state index contributed by atoms with van der Waals surface area (Å²) in [4.78, 5) is 21.8. The van der Waals surface area contributed by atoms with Crippen LogP contribution in [0.15, 0.2) is 12.2 Å². The highest BCUT2D eigenvalue weighted by molar-refractivity contribution is 5.93. The number of hydrogen-bond donors (Lipinski definition) is 0. The van der Waals surface area contributed by atoms with Crippen molar-refractivity contribution < 1.29 is 14.3 Å². The van der Waals surface area contributed by atoms with E-state index in [1.165, 1.54) is 6.92 Å². The van der Waals surface area contributed by atoms with Crippen LogP contribution in [-0.2, 0) is 14.3 Å². The maximum absolute atomic E-state index is 11.2. The zero-order valence-electron chi connectivity index (χ0n) is 9.84. The third-order valence-corrected chi connectivity index (χ3v) is 2.11. The van der Waals surface area contributed by atoms with Crippen LogP contribution in [0.1, 0.15) is 46.5 Å². The number of esters is 1. The van der Waals surface area contributed by atoms with Crippen molar-refractivity contribution >= 4 is 11.8 Å². The molecule has 0 spiro atoms. The van der Waals surface area contributed by atoms with Crippen LogP contribution >= 0.6 is 0 Å². The first kappa shape index (κ1) is 13.9. The van der Waals surface area contributed by atoms with Crippen molar-refractivity contribution in [3.63, 3.8) is 0 Å². The quantitative estimate of drug-likeness (QED) is 0.370. The highest BCUT2D eigenvalue weighted by atomic mass is 16.5. The summed E-state index contributed by atoms with van der Waals surface area (Å²) in [6.45, 7) is 8.58. The Morgan fingerprint density at radius 3 is 2.33 bits per heavy atom. The van der Waals surface area contributed by atoms with E-state index in [1.807, 2.05) is 6.92 Å². The minimum atomic E-state index is -0.250. The summed E-state index contributed by atoms with van der Waals surface area (Å²) in [7, 11) is 0. The summed E-state index contributed by atoms with van der Waals surface area (Å²) in [6, 6.07) is 0. The van der Waals surface area contributed by atoms with Gasteiger partial charge in [-0.3, -0.25) is 9.59 Å². The summed E-state index contributed by atoms with van der Waals surface area (Å²) in [6.07, 6.45) is 3.03. The Kier molecular flexibility index (Phi) is 6.67. The van der Waals surface area contributed by atoms with Crippen LogP contribution in [0, 0.1) is 0 Å². The minimum Gasteiger partial charge on any atom is -0.463 e. The van der Waals surface area contributed by atoms with E-state index in [2.05, 4.69) is 6.58 Å². The van der Waals surface area contributed by atoms with Crippen molar-refractivity contribution in [2.75, 3.05) is 0 Å². The summed E-state index contributed by atoms with van der Waals surface area (Å²) in [5, 5.41) is 0. The minimum absolute atomic E-state index is 0.0533. The predicted molar refractivity (Wildman–Crippen MR) is 59.5 cm³/mol. The maximum atomic E-state index is 11.2. The number of Topliss-reactive ketones (excluding diaryl/α,β-unsaturated/α-hetero) is 1. The third kappa shape index (κ3) is 7.91. The van der Waals surface area contributed by atoms with Gasteiger partial charge < -0.3 is 4.74 Å². The first-order valence-electron chi connectivity index (χ1n) is 5.29. The lowest BCUT2D eigenvalue weighted by Crippen LogP contribution is -2.12. The molecule has 1 unspecified atom stereocenters. The zero-order valence-corrected chi connectivity index (χ0v) is 9.84. The van der Waals surface area contributed by atoms with E-state index in [4.69, 9.17) is 4.74 Å². The van der Waals surface area contributed by atoms with Gasteiger partial charge in [0, 0.05) is 13.3 Å². The molecule has 0 aliphatic rings. The van der Waals surface area contributed by atoms with Gasteiger partial charge in [-0.05, 0) is 38.7 Å². The van der Waals surface area contributed by atoms with Gasteiger partial charge in [0.25, 0.3) is 0 Å². The van der Waals surface area contributed by atoms with Gasteiger partial charge in [-0.15, -0.1) is 0 Å². The Balaban J connectivity index is 3.50. The van der Waals surface area contributed by atoms with Gasteiger partial charge in [0.05, 0.1) is 6.10 Å². The van der Waals surface area contributed by atoms with Crippen LogP contribution in [0.2, 0.25) is 0 Å². The zero-order chi connectivity index (χ0) is 11.8. The summed E-state index contributed by atoms with van der Waals surface area (Å²) in [5.41, 5.74) is 0.614. The van der Waals surface area contributed by atoms with Crippen molar-refractivity contribution in [3.05, 3.63) is 12.2 Å². The van der Waals surface area contributed by atoms with Gasteiger partial charge >= 0.3 is 5.97 Å². The Hall–Kier alpha value is -1.12. The lowest BCUT2D eigenvalue weighted by atomic mass is 10.1. The van der Waals surface area contributed by atoms with E-state index < -0.39 is 0 Å². The van der Waals surface area contributed by atoms with E-state index in [-0.39, 0.29) is 17.9 Å². The standard InChI is InChI=1S/C12H20O3/c1-9(2)12(14)8-6-5-7-10(3)15-11(4)13/h10H,1,5-8H2,2-4H3. The number of carbonyl (C=O) groups excluding carboxylic acids is 2. The van der Waals surface area contributed by atoms with Crippen molar-refractivity contribution in [3.8, 4) is 0 Å². The van der Waals surface area contributed by atoms with E-state index >= 15 is 0 Å². The highest BCUT2D eigenvalue weighted by Gasteiger charge is 2.06. The first-order chi connectivity index (χ1) is 6.93. The van der Waals surface area contributed by atoms with Crippen molar-refractivity contribution in [1.29, 1.82) is 0 Å². The molecule has 86 valence electrons. The molecule has 0 fully saturated rings. The smallest absolute Gasteiger partial charge is 0.302 e. The molecular weight excluding hydrogens is 192 g/mol. The normalized spacial score (nSPS) is 11.9. The number of ether oxygens (including phenoxy) is 1. The van der Waals surface area contributed by atoms with Gasteiger partial charge in [-0.2, -0.15) is 0 Å². The number of hydrogen-bond acceptors (Lipinski definition) is 3. The average molecular weight is 212 g/mol. The fourth-order valence-corrected chi connectivity index (χ4v) is 1.27. The second kappa shape index (κ2) is 7.21. The van der Waals surface area contributed by atoms with Crippen LogP contribution in [0.5, 0.6) is 0 Å². The molecule has 1 atom stereocenters. The Morgan fingerprint density at radius 2 is 1.87 bits per heavy atom. The van der Waals surface area contributed by atoms with Gasteiger partial charge in [0.1, 0.15) is 0 Å². The molecule has 0 aliphatic carbocycles. The molecule has 0 amide bonds. The van der Waals surface area contributed by atoms with Crippen LogP contribution in [0.25, 0.3) is 0 Å². The van der Waals surface area contributed by atoms with E-state index in [0.29, 0.717) is 12.0 Å². The molecule has 0 aromatic rings. The molecule has 0 saturated heterocycles. The maximum Gasteiger partial charge on any atom is 0.302 e.